The van der Waals surface area contributed by atoms with Crippen LogP contribution in [-0.2, 0) is 16.1 Å². The van der Waals surface area contributed by atoms with Gasteiger partial charge >= 0.3 is 18.5 Å². The minimum Gasteiger partial charge on any atom is -0.475 e. The van der Waals surface area contributed by atoms with Crippen LogP contribution in [0.2, 0.25) is 0 Å². The fourth-order valence-electron chi connectivity index (χ4n) is 1.43. The minimum atomic E-state index is -5.08. The zero-order chi connectivity index (χ0) is 18.4. The summed E-state index contributed by atoms with van der Waals surface area (Å²) < 4.78 is 77.0. The van der Waals surface area contributed by atoms with Gasteiger partial charge in [0.05, 0.1) is 12.7 Å². The van der Waals surface area contributed by atoms with E-state index in [9.17, 15) is 26.3 Å². The van der Waals surface area contributed by atoms with Crippen molar-refractivity contribution < 1.29 is 45.7 Å². The van der Waals surface area contributed by atoms with E-state index >= 15 is 0 Å². The second kappa shape index (κ2) is 8.20. The number of hydrogen-bond acceptors (Lipinski definition) is 4. The van der Waals surface area contributed by atoms with Crippen molar-refractivity contribution in [2.45, 2.75) is 25.2 Å². The molecule has 1 aromatic carbocycles. The molecule has 1 saturated heterocycles. The van der Waals surface area contributed by atoms with Crippen molar-refractivity contribution >= 4 is 5.97 Å². The largest absolute Gasteiger partial charge is 0.573 e. The van der Waals surface area contributed by atoms with Crippen molar-refractivity contribution in [1.82, 2.24) is 5.32 Å². The molecule has 2 N–H and O–H groups in total. The van der Waals surface area contributed by atoms with Gasteiger partial charge in [0.1, 0.15) is 5.75 Å². The summed E-state index contributed by atoms with van der Waals surface area (Å²) in [6.45, 7) is 1.87. The molecule has 1 heterocycles. The highest BCUT2D eigenvalue weighted by atomic mass is 19.4. The maximum Gasteiger partial charge on any atom is 0.573 e. The Morgan fingerprint density at radius 3 is 2.21 bits per heavy atom. The van der Waals surface area contributed by atoms with E-state index in [-0.39, 0.29) is 11.9 Å². The van der Waals surface area contributed by atoms with E-state index in [1.54, 1.807) is 6.07 Å². The Morgan fingerprint density at radius 1 is 1.21 bits per heavy atom. The Kier molecular flexibility index (Phi) is 6.84. The molecular weight excluding hydrogens is 348 g/mol. The number of hydrogen-bond donors (Lipinski definition) is 2. The number of carbonyl (C=O) groups is 1. The average Bonchev–Trinajstić information content (AvgIpc) is 2.34. The first-order valence-corrected chi connectivity index (χ1v) is 6.44. The van der Waals surface area contributed by atoms with Gasteiger partial charge in [-0.3, -0.25) is 0 Å². The predicted octanol–water partition coefficient (Wildman–Crippen LogP) is 2.71. The molecule has 1 fully saturated rings. The third kappa shape index (κ3) is 8.02. The molecule has 136 valence electrons. The number of benzene rings is 1. The van der Waals surface area contributed by atoms with E-state index in [2.05, 4.69) is 10.1 Å². The zero-order valence-electron chi connectivity index (χ0n) is 11.9. The van der Waals surface area contributed by atoms with E-state index < -0.39 is 18.5 Å². The van der Waals surface area contributed by atoms with Gasteiger partial charge in [-0.2, -0.15) is 13.2 Å². The number of nitrogens with one attached hydrogen (secondary N) is 1. The van der Waals surface area contributed by atoms with E-state index in [0.29, 0.717) is 12.2 Å². The highest BCUT2D eigenvalue weighted by Crippen LogP contribution is 2.23. The maximum absolute atomic E-state index is 12.0. The summed E-state index contributed by atoms with van der Waals surface area (Å²) in [5.41, 5.74) is 0.665. The molecule has 0 atom stereocenters. The highest BCUT2D eigenvalue weighted by Gasteiger charge is 2.38. The lowest BCUT2D eigenvalue weighted by Crippen LogP contribution is -2.48. The molecule has 0 amide bonds. The molecule has 0 spiro atoms. The molecule has 0 radical (unpaired) electrons. The van der Waals surface area contributed by atoms with Crippen LogP contribution in [0.1, 0.15) is 5.56 Å². The fourth-order valence-corrected chi connectivity index (χ4v) is 1.43. The number of alkyl halides is 6. The molecule has 11 heteroatoms. The predicted molar refractivity (Wildman–Crippen MR) is 68.3 cm³/mol. The third-order valence-electron chi connectivity index (χ3n) is 2.60. The van der Waals surface area contributed by atoms with Crippen LogP contribution in [0.15, 0.2) is 24.3 Å². The summed E-state index contributed by atoms with van der Waals surface area (Å²) >= 11 is 0. The Hall–Kier alpha value is -2.01. The first kappa shape index (κ1) is 20.0. The molecule has 5 nitrogen and oxygen atoms in total. The van der Waals surface area contributed by atoms with Crippen LogP contribution >= 0.6 is 0 Å². The van der Waals surface area contributed by atoms with Gasteiger partial charge in [0, 0.05) is 13.1 Å². The van der Waals surface area contributed by atoms with Gasteiger partial charge in [-0.15, -0.1) is 13.2 Å². The van der Waals surface area contributed by atoms with Gasteiger partial charge in [-0.05, 0) is 17.7 Å². The first-order chi connectivity index (χ1) is 11.0. The molecule has 24 heavy (non-hydrogen) atoms. The van der Waals surface area contributed by atoms with Gasteiger partial charge in [0.15, 0.2) is 0 Å². The van der Waals surface area contributed by atoms with Crippen LogP contribution in [0.25, 0.3) is 0 Å². The van der Waals surface area contributed by atoms with Crippen molar-refractivity contribution in [1.29, 1.82) is 0 Å². The zero-order valence-corrected chi connectivity index (χ0v) is 11.9. The van der Waals surface area contributed by atoms with E-state index in [4.69, 9.17) is 14.6 Å². The fraction of sp³-hybridized carbons (Fsp3) is 0.462. The van der Waals surface area contributed by atoms with Crippen LogP contribution in [-0.4, -0.2) is 42.8 Å². The second-order valence-electron chi connectivity index (χ2n) is 4.59. The summed E-state index contributed by atoms with van der Waals surface area (Å²) in [5.74, 6) is -2.97. The quantitative estimate of drug-likeness (QED) is 0.808. The lowest BCUT2D eigenvalue weighted by molar-refractivity contribution is -0.274. The topological polar surface area (TPSA) is 67.8 Å². The normalized spacial score (nSPS) is 15.1. The molecule has 0 aromatic heterocycles. The Labute approximate surface area is 132 Å². The minimum absolute atomic E-state index is 0.155. The number of carboxylic acids is 1. The Bertz CT molecular complexity index is 542. The highest BCUT2D eigenvalue weighted by molar-refractivity contribution is 5.73. The SMILES string of the molecule is FC(F)(F)Oc1cccc(COC2CNC2)c1.O=C(O)C(F)(F)F. The van der Waals surface area contributed by atoms with Crippen molar-refractivity contribution in [2.75, 3.05) is 13.1 Å². The number of halogens is 6. The monoisotopic (exact) mass is 361 g/mol. The number of ether oxygens (including phenoxy) is 2. The van der Waals surface area contributed by atoms with E-state index in [1.165, 1.54) is 18.2 Å². The van der Waals surface area contributed by atoms with Crippen LogP contribution in [0.5, 0.6) is 5.75 Å². The van der Waals surface area contributed by atoms with E-state index in [1.807, 2.05) is 0 Å². The standard InChI is InChI=1S/C11H12F3NO2.C2HF3O2/c12-11(13,14)17-9-3-1-2-8(4-9)7-16-10-5-15-6-10;3-2(4,5)1(6)7/h1-4,10,15H,5-7H2;(H,6,7). The van der Waals surface area contributed by atoms with Crippen LogP contribution in [0.3, 0.4) is 0 Å². The molecule has 1 aliphatic heterocycles. The van der Waals surface area contributed by atoms with Crippen molar-refractivity contribution in [3.63, 3.8) is 0 Å². The van der Waals surface area contributed by atoms with Gasteiger partial charge in [0.2, 0.25) is 0 Å². The summed E-state index contributed by atoms with van der Waals surface area (Å²) in [4.78, 5) is 8.90. The molecule has 1 aromatic rings. The van der Waals surface area contributed by atoms with E-state index in [0.717, 1.165) is 13.1 Å². The summed E-state index contributed by atoms with van der Waals surface area (Å²) in [5, 5.41) is 10.2. The van der Waals surface area contributed by atoms with Crippen molar-refractivity contribution in [3.8, 4) is 5.75 Å². The molecule has 2 rings (SSSR count). The van der Waals surface area contributed by atoms with Crippen LogP contribution in [0, 0.1) is 0 Å². The van der Waals surface area contributed by atoms with Crippen LogP contribution in [0.4, 0.5) is 26.3 Å². The van der Waals surface area contributed by atoms with Gasteiger partial charge in [-0.25, -0.2) is 4.79 Å². The lowest BCUT2D eigenvalue weighted by atomic mass is 10.2. The van der Waals surface area contributed by atoms with Crippen molar-refractivity contribution in [3.05, 3.63) is 29.8 Å². The smallest absolute Gasteiger partial charge is 0.475 e. The summed E-state index contributed by atoms with van der Waals surface area (Å²) in [6, 6.07) is 5.82. The molecular formula is C13H13F6NO4. The lowest BCUT2D eigenvalue weighted by Gasteiger charge is -2.27. The average molecular weight is 361 g/mol. The van der Waals surface area contributed by atoms with Crippen molar-refractivity contribution in [2.24, 2.45) is 0 Å². The Morgan fingerprint density at radius 2 is 1.79 bits per heavy atom. The van der Waals surface area contributed by atoms with Gasteiger partial charge < -0.3 is 19.9 Å². The van der Waals surface area contributed by atoms with Gasteiger partial charge in [-0.1, -0.05) is 12.1 Å². The number of rotatable bonds is 4. The van der Waals surface area contributed by atoms with Gasteiger partial charge in [0.25, 0.3) is 0 Å². The molecule has 0 aliphatic carbocycles. The first-order valence-electron chi connectivity index (χ1n) is 6.44. The molecule has 0 bridgehead atoms. The number of carboxylic acid groups (broad SMARTS) is 1. The molecule has 1 aliphatic rings. The number of aliphatic carboxylic acids is 1. The van der Waals surface area contributed by atoms with Crippen LogP contribution < -0.4 is 10.1 Å². The Balaban J connectivity index is 0.000000351. The third-order valence-corrected chi connectivity index (χ3v) is 2.60. The molecule has 0 unspecified atom stereocenters. The second-order valence-corrected chi connectivity index (χ2v) is 4.59. The summed E-state index contributed by atoms with van der Waals surface area (Å²) in [6.07, 6.45) is -9.58. The molecule has 0 saturated carbocycles. The summed E-state index contributed by atoms with van der Waals surface area (Å²) in [7, 11) is 0. The maximum atomic E-state index is 12.0.